The van der Waals surface area contributed by atoms with E-state index in [0.29, 0.717) is 37.4 Å². The summed E-state index contributed by atoms with van der Waals surface area (Å²) < 4.78 is 69.8. The maximum Gasteiger partial charge on any atom is 0.416 e. The predicted molar refractivity (Wildman–Crippen MR) is 113 cm³/mol. The van der Waals surface area contributed by atoms with Gasteiger partial charge < -0.3 is 9.64 Å². The molecular formula is C22H23F3N2O4S. The number of rotatable bonds is 6. The summed E-state index contributed by atoms with van der Waals surface area (Å²) in [5.74, 6) is -0.338. The number of alkyl halides is 3. The van der Waals surface area contributed by atoms with Crippen LogP contribution in [0.4, 0.5) is 13.2 Å². The number of amides is 1. The van der Waals surface area contributed by atoms with Gasteiger partial charge in [0.2, 0.25) is 15.9 Å². The Balaban J connectivity index is 1.60. The second kappa shape index (κ2) is 9.85. The Morgan fingerprint density at radius 1 is 1.06 bits per heavy atom. The molecule has 1 amide bonds. The molecule has 2 aromatic rings. The van der Waals surface area contributed by atoms with Crippen molar-refractivity contribution in [2.24, 2.45) is 0 Å². The lowest BCUT2D eigenvalue weighted by atomic mass is 10.1. The Hall–Kier alpha value is -2.69. The fraction of sp³-hybridized carbons (Fsp3) is 0.318. The Bertz CT molecular complexity index is 1060. The summed E-state index contributed by atoms with van der Waals surface area (Å²) in [6, 6.07) is 10.8. The van der Waals surface area contributed by atoms with Gasteiger partial charge in [-0.25, -0.2) is 8.42 Å². The van der Waals surface area contributed by atoms with Gasteiger partial charge in [-0.2, -0.15) is 17.5 Å². The zero-order chi connectivity index (χ0) is 23.4. The minimum absolute atomic E-state index is 0.151. The number of halogens is 3. The highest BCUT2D eigenvalue weighted by Crippen LogP contribution is 2.29. The van der Waals surface area contributed by atoms with E-state index in [1.54, 1.807) is 25.3 Å². The van der Waals surface area contributed by atoms with Crippen molar-refractivity contribution in [3.63, 3.8) is 0 Å². The number of hydrogen-bond acceptors (Lipinski definition) is 4. The summed E-state index contributed by atoms with van der Waals surface area (Å²) in [5, 5.41) is 0. The quantitative estimate of drug-likeness (QED) is 0.610. The first-order valence-corrected chi connectivity index (χ1v) is 11.3. The van der Waals surface area contributed by atoms with E-state index in [0.717, 1.165) is 12.1 Å². The van der Waals surface area contributed by atoms with E-state index in [-0.39, 0.29) is 17.3 Å². The molecule has 0 spiro atoms. The molecule has 1 fully saturated rings. The highest BCUT2D eigenvalue weighted by Gasteiger charge is 2.30. The standard InChI is InChI=1S/C22H23F3N2O4S/c1-26(16-18-2-7-19(8-3-18)22(23,24)25)21(28)11-6-17-4-9-20(10-5-17)32(29,30)27-12-14-31-15-13-27/h2-11H,12-16H2,1H3/b11-6+. The number of hydrogen-bond donors (Lipinski definition) is 0. The normalized spacial score (nSPS) is 15.8. The molecule has 1 aliphatic heterocycles. The number of nitrogens with zero attached hydrogens (tertiary/aromatic N) is 2. The lowest BCUT2D eigenvalue weighted by Crippen LogP contribution is -2.40. The maximum atomic E-state index is 12.6. The van der Waals surface area contributed by atoms with Crippen LogP contribution in [0.5, 0.6) is 0 Å². The van der Waals surface area contributed by atoms with Gasteiger partial charge in [-0.3, -0.25) is 4.79 Å². The number of carbonyl (C=O) groups excluding carboxylic acids is 1. The summed E-state index contributed by atoms with van der Waals surface area (Å²) in [5.41, 5.74) is 0.469. The van der Waals surface area contributed by atoms with Gasteiger partial charge in [0.05, 0.1) is 23.7 Å². The molecule has 1 aliphatic rings. The molecule has 2 aromatic carbocycles. The van der Waals surface area contributed by atoms with Gasteiger partial charge in [0.25, 0.3) is 0 Å². The molecule has 6 nitrogen and oxygen atoms in total. The minimum atomic E-state index is -4.40. The smallest absolute Gasteiger partial charge is 0.379 e. The number of likely N-dealkylation sites (N-methyl/N-ethyl adjacent to an activating group) is 1. The maximum absolute atomic E-state index is 12.6. The minimum Gasteiger partial charge on any atom is -0.379 e. The van der Waals surface area contributed by atoms with Crippen molar-refractivity contribution < 1.29 is 31.1 Å². The molecule has 0 radical (unpaired) electrons. The lowest BCUT2D eigenvalue weighted by molar-refractivity contribution is -0.137. The van der Waals surface area contributed by atoms with E-state index in [2.05, 4.69) is 0 Å². The van der Waals surface area contributed by atoms with Gasteiger partial charge in [-0.1, -0.05) is 24.3 Å². The summed E-state index contributed by atoms with van der Waals surface area (Å²) in [6.45, 7) is 1.50. The van der Waals surface area contributed by atoms with Crippen LogP contribution >= 0.6 is 0 Å². The summed E-state index contributed by atoms with van der Waals surface area (Å²) in [4.78, 5) is 13.9. The van der Waals surface area contributed by atoms with E-state index >= 15 is 0 Å². The number of benzene rings is 2. The fourth-order valence-electron chi connectivity index (χ4n) is 3.13. The molecule has 0 bridgehead atoms. The van der Waals surface area contributed by atoms with Crippen molar-refractivity contribution >= 4 is 22.0 Å². The second-order valence-electron chi connectivity index (χ2n) is 7.31. The van der Waals surface area contributed by atoms with Crippen LogP contribution in [0.25, 0.3) is 6.08 Å². The van der Waals surface area contributed by atoms with E-state index in [1.165, 1.54) is 39.5 Å². The predicted octanol–water partition coefficient (Wildman–Crippen LogP) is 3.40. The molecule has 3 rings (SSSR count). The van der Waals surface area contributed by atoms with Crippen molar-refractivity contribution in [2.45, 2.75) is 17.6 Å². The van der Waals surface area contributed by atoms with Crippen LogP contribution < -0.4 is 0 Å². The third-order valence-electron chi connectivity index (χ3n) is 4.98. The Labute approximate surface area is 184 Å². The van der Waals surface area contributed by atoms with Crippen molar-refractivity contribution in [3.8, 4) is 0 Å². The van der Waals surface area contributed by atoms with Crippen LogP contribution in [0.2, 0.25) is 0 Å². The molecule has 0 saturated carbocycles. The topological polar surface area (TPSA) is 66.9 Å². The molecule has 10 heteroatoms. The van der Waals surface area contributed by atoms with Gasteiger partial charge in [0, 0.05) is 32.8 Å². The summed E-state index contributed by atoms with van der Waals surface area (Å²) >= 11 is 0. The van der Waals surface area contributed by atoms with Crippen molar-refractivity contribution in [1.29, 1.82) is 0 Å². The average Bonchev–Trinajstić information content (AvgIpc) is 2.78. The SMILES string of the molecule is CN(Cc1ccc(C(F)(F)F)cc1)C(=O)/C=C/c1ccc(S(=O)(=O)N2CCOCC2)cc1. The first-order valence-electron chi connectivity index (χ1n) is 9.84. The van der Waals surface area contributed by atoms with Gasteiger partial charge in [0.15, 0.2) is 0 Å². The average molecular weight is 468 g/mol. The van der Waals surface area contributed by atoms with Crippen LogP contribution in [-0.2, 0) is 32.3 Å². The monoisotopic (exact) mass is 468 g/mol. The van der Waals surface area contributed by atoms with Crippen LogP contribution in [0, 0.1) is 0 Å². The number of sulfonamides is 1. The third kappa shape index (κ3) is 5.96. The first-order chi connectivity index (χ1) is 15.1. The highest BCUT2D eigenvalue weighted by molar-refractivity contribution is 7.89. The molecule has 0 unspecified atom stereocenters. The van der Waals surface area contributed by atoms with E-state index < -0.39 is 21.8 Å². The molecule has 172 valence electrons. The molecule has 1 heterocycles. The van der Waals surface area contributed by atoms with Crippen LogP contribution in [0.3, 0.4) is 0 Å². The second-order valence-corrected chi connectivity index (χ2v) is 9.25. The van der Waals surface area contributed by atoms with Crippen molar-refractivity contribution in [2.75, 3.05) is 33.4 Å². The Morgan fingerprint density at radius 3 is 2.22 bits per heavy atom. The van der Waals surface area contributed by atoms with Crippen molar-refractivity contribution in [1.82, 2.24) is 9.21 Å². The van der Waals surface area contributed by atoms with Gasteiger partial charge in [-0.05, 0) is 41.5 Å². The van der Waals surface area contributed by atoms with Gasteiger partial charge in [-0.15, -0.1) is 0 Å². The van der Waals surface area contributed by atoms with Crippen LogP contribution in [0.15, 0.2) is 59.5 Å². The lowest BCUT2D eigenvalue weighted by Gasteiger charge is -2.26. The molecule has 1 saturated heterocycles. The van der Waals surface area contributed by atoms with Crippen molar-refractivity contribution in [3.05, 3.63) is 71.3 Å². The molecule has 0 aliphatic carbocycles. The first kappa shape index (κ1) is 24.0. The van der Waals surface area contributed by atoms with Crippen LogP contribution in [-0.4, -0.2) is 56.9 Å². The Kier molecular flexibility index (Phi) is 7.37. The zero-order valence-electron chi connectivity index (χ0n) is 17.4. The number of morpholine rings is 1. The Morgan fingerprint density at radius 2 is 1.66 bits per heavy atom. The van der Waals surface area contributed by atoms with Crippen LogP contribution in [0.1, 0.15) is 16.7 Å². The third-order valence-corrected chi connectivity index (χ3v) is 6.90. The largest absolute Gasteiger partial charge is 0.416 e. The molecule has 0 aromatic heterocycles. The van der Waals surface area contributed by atoms with Gasteiger partial charge >= 0.3 is 6.18 Å². The number of ether oxygens (including phenoxy) is 1. The van der Waals surface area contributed by atoms with E-state index in [9.17, 15) is 26.4 Å². The summed E-state index contributed by atoms with van der Waals surface area (Å²) in [6.07, 6.45) is -1.52. The highest BCUT2D eigenvalue weighted by atomic mass is 32.2. The zero-order valence-corrected chi connectivity index (χ0v) is 18.2. The van der Waals surface area contributed by atoms with Gasteiger partial charge in [0.1, 0.15) is 0 Å². The molecule has 0 N–H and O–H groups in total. The van der Waals surface area contributed by atoms with E-state index in [4.69, 9.17) is 4.74 Å². The molecule has 0 atom stereocenters. The van der Waals surface area contributed by atoms with E-state index in [1.807, 2.05) is 0 Å². The number of carbonyl (C=O) groups is 1. The fourth-order valence-corrected chi connectivity index (χ4v) is 4.54. The molecule has 32 heavy (non-hydrogen) atoms. The molecular weight excluding hydrogens is 445 g/mol. The summed E-state index contributed by atoms with van der Waals surface area (Å²) in [7, 11) is -2.04.